The van der Waals surface area contributed by atoms with Gasteiger partial charge < -0.3 is 5.11 Å². The van der Waals surface area contributed by atoms with E-state index in [4.69, 9.17) is 5.11 Å². The molecule has 0 aliphatic carbocycles. The van der Waals surface area contributed by atoms with E-state index in [9.17, 15) is 9.18 Å². The van der Waals surface area contributed by atoms with Crippen molar-refractivity contribution >= 4 is 5.97 Å². The molecule has 3 nitrogen and oxygen atoms in total. The van der Waals surface area contributed by atoms with Crippen LogP contribution in [0.1, 0.15) is 10.5 Å². The molecule has 0 fully saturated rings. The Labute approximate surface area is 91.2 Å². The maximum Gasteiger partial charge on any atom is 0.357 e. The Morgan fingerprint density at radius 3 is 2.44 bits per heavy atom. The molecule has 0 saturated carbocycles. The highest BCUT2D eigenvalue weighted by atomic mass is 19.1. The minimum atomic E-state index is -1.36. The first-order valence-corrected chi connectivity index (χ1v) is 4.63. The Hall–Kier alpha value is -2.23. The Kier molecular flexibility index (Phi) is 2.64. The first kappa shape index (κ1) is 10.3. The standard InChI is InChI=1S/C12H8FNO2/c13-10-6-9(7-14-11(10)12(15)16)8-4-2-1-3-5-8/h1-7H,(H,15,16). The van der Waals surface area contributed by atoms with E-state index in [2.05, 4.69) is 4.98 Å². The molecule has 1 N–H and O–H groups in total. The van der Waals surface area contributed by atoms with Gasteiger partial charge in [0.2, 0.25) is 0 Å². The summed E-state index contributed by atoms with van der Waals surface area (Å²) in [7, 11) is 0. The van der Waals surface area contributed by atoms with Crippen LogP contribution in [0.3, 0.4) is 0 Å². The van der Waals surface area contributed by atoms with Gasteiger partial charge >= 0.3 is 5.97 Å². The molecular formula is C12H8FNO2. The fourth-order valence-electron chi connectivity index (χ4n) is 1.38. The molecule has 16 heavy (non-hydrogen) atoms. The highest BCUT2D eigenvalue weighted by molar-refractivity contribution is 5.86. The Bertz CT molecular complexity index is 526. The lowest BCUT2D eigenvalue weighted by Gasteiger charge is -2.02. The fraction of sp³-hybridized carbons (Fsp3) is 0. The van der Waals surface area contributed by atoms with Crippen molar-refractivity contribution in [3.8, 4) is 11.1 Å². The normalized spacial score (nSPS) is 10.1. The number of halogens is 1. The molecule has 2 aromatic rings. The van der Waals surface area contributed by atoms with Crippen LogP contribution in [0.25, 0.3) is 11.1 Å². The summed E-state index contributed by atoms with van der Waals surface area (Å²) in [5.41, 5.74) is 0.800. The van der Waals surface area contributed by atoms with Crippen LogP contribution in [0.2, 0.25) is 0 Å². The number of carboxylic acid groups (broad SMARTS) is 1. The van der Waals surface area contributed by atoms with E-state index in [0.29, 0.717) is 5.56 Å². The van der Waals surface area contributed by atoms with Gasteiger partial charge in [-0.2, -0.15) is 0 Å². The molecule has 1 aromatic carbocycles. The largest absolute Gasteiger partial charge is 0.476 e. The fourth-order valence-corrected chi connectivity index (χ4v) is 1.38. The molecular weight excluding hydrogens is 209 g/mol. The third-order valence-electron chi connectivity index (χ3n) is 2.15. The van der Waals surface area contributed by atoms with Crippen molar-refractivity contribution in [2.75, 3.05) is 0 Å². The van der Waals surface area contributed by atoms with Crippen molar-refractivity contribution in [2.24, 2.45) is 0 Å². The predicted molar refractivity (Wildman–Crippen MR) is 56.6 cm³/mol. The van der Waals surface area contributed by atoms with Crippen LogP contribution in [0, 0.1) is 5.82 Å². The van der Waals surface area contributed by atoms with Gasteiger partial charge in [0.1, 0.15) is 0 Å². The minimum absolute atomic E-state index is 0.556. The molecule has 0 radical (unpaired) electrons. The molecule has 0 saturated heterocycles. The van der Waals surface area contributed by atoms with Gasteiger partial charge in [0.15, 0.2) is 11.5 Å². The van der Waals surface area contributed by atoms with Gasteiger partial charge in [-0.15, -0.1) is 0 Å². The van der Waals surface area contributed by atoms with Crippen molar-refractivity contribution < 1.29 is 14.3 Å². The number of aromatic carboxylic acids is 1. The first-order valence-electron chi connectivity index (χ1n) is 4.63. The average Bonchev–Trinajstić information content (AvgIpc) is 2.29. The summed E-state index contributed by atoms with van der Waals surface area (Å²) < 4.78 is 13.3. The number of nitrogens with zero attached hydrogens (tertiary/aromatic N) is 1. The maximum absolute atomic E-state index is 13.3. The van der Waals surface area contributed by atoms with Crippen LogP contribution in [0.15, 0.2) is 42.6 Å². The summed E-state index contributed by atoms with van der Waals surface area (Å²) in [5.74, 6) is -2.19. The van der Waals surface area contributed by atoms with Crippen molar-refractivity contribution in [2.45, 2.75) is 0 Å². The second-order valence-corrected chi connectivity index (χ2v) is 3.23. The SMILES string of the molecule is O=C(O)c1ncc(-c2ccccc2)cc1F. The van der Waals surface area contributed by atoms with E-state index in [1.165, 1.54) is 12.3 Å². The zero-order chi connectivity index (χ0) is 11.5. The number of benzene rings is 1. The average molecular weight is 217 g/mol. The molecule has 0 aliphatic heterocycles. The van der Waals surface area contributed by atoms with Crippen LogP contribution < -0.4 is 0 Å². The molecule has 1 heterocycles. The maximum atomic E-state index is 13.3. The lowest BCUT2D eigenvalue weighted by atomic mass is 10.1. The number of rotatable bonds is 2. The topological polar surface area (TPSA) is 50.2 Å². The lowest BCUT2D eigenvalue weighted by molar-refractivity contribution is 0.0685. The second-order valence-electron chi connectivity index (χ2n) is 3.23. The van der Waals surface area contributed by atoms with Gasteiger partial charge in [-0.1, -0.05) is 30.3 Å². The lowest BCUT2D eigenvalue weighted by Crippen LogP contribution is -2.03. The first-order chi connectivity index (χ1) is 7.68. The van der Waals surface area contributed by atoms with Crippen LogP contribution >= 0.6 is 0 Å². The third kappa shape index (κ3) is 1.91. The number of carboxylic acids is 1. The third-order valence-corrected chi connectivity index (χ3v) is 2.15. The van der Waals surface area contributed by atoms with Gasteiger partial charge in [-0.25, -0.2) is 14.2 Å². The van der Waals surface area contributed by atoms with Gasteiger partial charge in [-0.05, 0) is 11.6 Å². The highest BCUT2D eigenvalue weighted by Gasteiger charge is 2.12. The Morgan fingerprint density at radius 1 is 1.19 bits per heavy atom. The van der Waals surface area contributed by atoms with Gasteiger partial charge in [0.05, 0.1) is 0 Å². The molecule has 0 atom stereocenters. The van der Waals surface area contributed by atoms with E-state index in [0.717, 1.165) is 5.56 Å². The monoisotopic (exact) mass is 217 g/mol. The van der Waals surface area contributed by atoms with E-state index < -0.39 is 17.5 Å². The molecule has 0 spiro atoms. The molecule has 80 valence electrons. The second kappa shape index (κ2) is 4.10. The van der Waals surface area contributed by atoms with Gasteiger partial charge in [-0.3, -0.25) is 0 Å². The molecule has 0 bridgehead atoms. The quantitative estimate of drug-likeness (QED) is 0.841. The van der Waals surface area contributed by atoms with Crippen molar-refractivity contribution in [3.05, 3.63) is 54.1 Å². The molecule has 4 heteroatoms. The van der Waals surface area contributed by atoms with Crippen LogP contribution in [0.4, 0.5) is 4.39 Å². The number of carbonyl (C=O) groups is 1. The molecule has 1 aromatic heterocycles. The van der Waals surface area contributed by atoms with Crippen LogP contribution in [-0.4, -0.2) is 16.1 Å². The number of hydrogen-bond donors (Lipinski definition) is 1. The summed E-state index contributed by atoms with van der Waals surface area (Å²) in [6, 6.07) is 10.3. The van der Waals surface area contributed by atoms with Crippen LogP contribution in [-0.2, 0) is 0 Å². The Balaban J connectivity index is 2.46. The van der Waals surface area contributed by atoms with Gasteiger partial charge in [0, 0.05) is 11.8 Å². The summed E-state index contributed by atoms with van der Waals surface area (Å²) in [6.07, 6.45) is 1.35. The predicted octanol–water partition coefficient (Wildman–Crippen LogP) is 2.59. The van der Waals surface area contributed by atoms with Crippen LogP contribution in [0.5, 0.6) is 0 Å². The smallest absolute Gasteiger partial charge is 0.357 e. The highest BCUT2D eigenvalue weighted by Crippen LogP contribution is 2.19. The summed E-state index contributed by atoms with van der Waals surface area (Å²) in [5, 5.41) is 8.62. The number of pyridine rings is 1. The van der Waals surface area contributed by atoms with E-state index >= 15 is 0 Å². The molecule has 0 aliphatic rings. The van der Waals surface area contributed by atoms with E-state index in [1.807, 2.05) is 18.2 Å². The zero-order valence-corrected chi connectivity index (χ0v) is 8.22. The summed E-state index contributed by atoms with van der Waals surface area (Å²) in [4.78, 5) is 14.1. The summed E-state index contributed by atoms with van der Waals surface area (Å²) >= 11 is 0. The number of hydrogen-bond acceptors (Lipinski definition) is 2. The molecule has 2 rings (SSSR count). The molecule has 0 amide bonds. The number of aromatic nitrogens is 1. The van der Waals surface area contributed by atoms with Crippen molar-refractivity contribution in [1.82, 2.24) is 4.98 Å². The van der Waals surface area contributed by atoms with E-state index in [1.54, 1.807) is 12.1 Å². The molecule has 0 unspecified atom stereocenters. The van der Waals surface area contributed by atoms with E-state index in [-0.39, 0.29) is 0 Å². The van der Waals surface area contributed by atoms with Gasteiger partial charge in [0.25, 0.3) is 0 Å². The minimum Gasteiger partial charge on any atom is -0.476 e. The van der Waals surface area contributed by atoms with Crippen molar-refractivity contribution in [1.29, 1.82) is 0 Å². The summed E-state index contributed by atoms with van der Waals surface area (Å²) in [6.45, 7) is 0. The zero-order valence-electron chi connectivity index (χ0n) is 8.22. The Morgan fingerprint density at radius 2 is 1.88 bits per heavy atom. The van der Waals surface area contributed by atoms with Crippen molar-refractivity contribution in [3.63, 3.8) is 0 Å².